The number of hydrogen-bond donors (Lipinski definition) is 0. The van der Waals surface area contributed by atoms with Gasteiger partial charge in [0, 0.05) is 13.1 Å². The molecule has 0 aromatic heterocycles. The van der Waals surface area contributed by atoms with Crippen molar-refractivity contribution in [2.75, 3.05) is 18.0 Å². The van der Waals surface area contributed by atoms with Gasteiger partial charge in [-0.15, -0.1) is 0 Å². The van der Waals surface area contributed by atoms with Crippen LogP contribution in [-0.4, -0.2) is 13.1 Å². The maximum Gasteiger partial charge on any atom is 0.417 e. The number of anilines is 1. The zero-order valence-electron chi connectivity index (χ0n) is 10.1. The SMILES string of the molecule is FC(F)(F)c1cc(N2CCCC2)c(Br)c(C(F)(F)F)c1. The summed E-state index contributed by atoms with van der Waals surface area (Å²) < 4.78 is 76.5. The summed E-state index contributed by atoms with van der Waals surface area (Å²) in [6.45, 7) is 0.911. The molecule has 8 heteroatoms. The summed E-state index contributed by atoms with van der Waals surface area (Å²) in [5.74, 6) is 0. The first-order valence-corrected chi connectivity index (χ1v) is 6.63. The summed E-state index contributed by atoms with van der Waals surface area (Å²) in [7, 11) is 0. The van der Waals surface area contributed by atoms with Crippen molar-refractivity contribution in [3.63, 3.8) is 0 Å². The topological polar surface area (TPSA) is 3.24 Å². The summed E-state index contributed by atoms with van der Waals surface area (Å²) >= 11 is 2.80. The number of rotatable bonds is 1. The van der Waals surface area contributed by atoms with E-state index in [4.69, 9.17) is 0 Å². The van der Waals surface area contributed by atoms with Crippen LogP contribution >= 0.6 is 15.9 Å². The van der Waals surface area contributed by atoms with Crippen LogP contribution in [0.3, 0.4) is 0 Å². The van der Waals surface area contributed by atoms with E-state index in [1.54, 1.807) is 0 Å². The number of nitrogens with zero attached hydrogens (tertiary/aromatic N) is 1. The lowest BCUT2D eigenvalue weighted by molar-refractivity contribution is -0.143. The third-order valence-electron chi connectivity index (χ3n) is 3.13. The fourth-order valence-corrected chi connectivity index (χ4v) is 2.87. The van der Waals surface area contributed by atoms with Crippen molar-refractivity contribution in [1.29, 1.82) is 0 Å². The van der Waals surface area contributed by atoms with E-state index < -0.39 is 23.5 Å². The van der Waals surface area contributed by atoms with Gasteiger partial charge < -0.3 is 4.90 Å². The molecule has 1 fully saturated rings. The Morgan fingerprint density at radius 1 is 0.900 bits per heavy atom. The fourth-order valence-electron chi connectivity index (χ4n) is 2.17. The number of halogens is 7. The monoisotopic (exact) mass is 361 g/mol. The Bertz CT molecular complexity index is 502. The van der Waals surface area contributed by atoms with Gasteiger partial charge in [0.15, 0.2) is 0 Å². The molecule has 2 rings (SSSR count). The van der Waals surface area contributed by atoms with Gasteiger partial charge in [0.1, 0.15) is 0 Å². The van der Waals surface area contributed by atoms with Crippen LogP contribution in [0.1, 0.15) is 24.0 Å². The maximum atomic E-state index is 12.9. The predicted molar refractivity (Wildman–Crippen MR) is 65.6 cm³/mol. The molecule has 0 atom stereocenters. The molecule has 1 saturated heterocycles. The molecule has 20 heavy (non-hydrogen) atoms. The van der Waals surface area contributed by atoms with Gasteiger partial charge in [0.2, 0.25) is 0 Å². The first-order valence-electron chi connectivity index (χ1n) is 5.83. The molecule has 1 aliphatic rings. The molecular formula is C12H10BrF6N. The first-order chi connectivity index (χ1) is 9.10. The van der Waals surface area contributed by atoms with Gasteiger partial charge in [0.25, 0.3) is 0 Å². The number of hydrogen-bond acceptors (Lipinski definition) is 1. The Labute approximate surface area is 119 Å². The second-order valence-corrected chi connectivity index (χ2v) is 5.34. The molecule has 1 nitrogen and oxygen atoms in total. The van der Waals surface area contributed by atoms with E-state index in [1.807, 2.05) is 0 Å². The van der Waals surface area contributed by atoms with Crippen LogP contribution in [0.2, 0.25) is 0 Å². The van der Waals surface area contributed by atoms with Crippen molar-refractivity contribution in [3.05, 3.63) is 27.7 Å². The van der Waals surface area contributed by atoms with Crippen molar-refractivity contribution < 1.29 is 26.3 Å². The van der Waals surface area contributed by atoms with Crippen LogP contribution in [0.15, 0.2) is 16.6 Å². The third kappa shape index (κ3) is 3.05. The van der Waals surface area contributed by atoms with E-state index in [0.717, 1.165) is 18.9 Å². The molecule has 0 bridgehead atoms. The molecule has 0 spiro atoms. The molecule has 112 valence electrons. The Hall–Kier alpha value is -0.920. The Kier molecular flexibility index (Phi) is 3.96. The van der Waals surface area contributed by atoms with Crippen molar-refractivity contribution in [2.24, 2.45) is 0 Å². The Morgan fingerprint density at radius 3 is 1.90 bits per heavy atom. The molecule has 1 aliphatic heterocycles. The highest BCUT2D eigenvalue weighted by Crippen LogP contribution is 2.44. The van der Waals surface area contributed by atoms with Gasteiger partial charge >= 0.3 is 12.4 Å². The number of benzene rings is 1. The standard InChI is InChI=1S/C12H10BrF6N/c13-10-8(12(17,18)19)5-7(11(14,15)16)6-9(10)20-3-1-2-4-20/h5-6H,1-4H2. The highest BCUT2D eigenvalue weighted by atomic mass is 79.9. The molecule has 0 aliphatic carbocycles. The van der Waals surface area contributed by atoms with Crippen LogP contribution in [0.25, 0.3) is 0 Å². The second-order valence-electron chi connectivity index (χ2n) is 4.55. The lowest BCUT2D eigenvalue weighted by atomic mass is 10.1. The van der Waals surface area contributed by atoms with Crippen LogP contribution in [-0.2, 0) is 12.4 Å². The van der Waals surface area contributed by atoms with Crippen molar-refractivity contribution in [1.82, 2.24) is 0 Å². The average molecular weight is 362 g/mol. The van der Waals surface area contributed by atoms with E-state index in [1.165, 1.54) is 4.90 Å². The van der Waals surface area contributed by atoms with Gasteiger partial charge in [-0.1, -0.05) is 0 Å². The first kappa shape index (κ1) is 15.5. The third-order valence-corrected chi connectivity index (χ3v) is 3.97. The van der Waals surface area contributed by atoms with Crippen molar-refractivity contribution in [3.8, 4) is 0 Å². The molecule has 0 unspecified atom stereocenters. The molecule has 1 heterocycles. The van der Waals surface area contributed by atoms with Crippen molar-refractivity contribution >= 4 is 21.6 Å². The van der Waals surface area contributed by atoms with Gasteiger partial charge in [-0.05, 0) is 40.9 Å². The minimum atomic E-state index is -4.84. The summed E-state index contributed by atoms with van der Waals surface area (Å²) in [6.07, 6.45) is -8.14. The van der Waals surface area contributed by atoms with Crippen LogP contribution in [0.5, 0.6) is 0 Å². The van der Waals surface area contributed by atoms with Gasteiger partial charge in [-0.2, -0.15) is 26.3 Å². The Balaban J connectivity index is 2.60. The average Bonchev–Trinajstić information content (AvgIpc) is 2.79. The smallest absolute Gasteiger partial charge is 0.371 e. The lowest BCUT2D eigenvalue weighted by Crippen LogP contribution is -2.21. The molecule has 0 N–H and O–H groups in total. The molecule has 0 amide bonds. The summed E-state index contributed by atoms with van der Waals surface area (Å²) in [6, 6.07) is 0.911. The molecule has 0 saturated carbocycles. The summed E-state index contributed by atoms with van der Waals surface area (Å²) in [5, 5.41) is 0. The minimum absolute atomic E-state index is 0.0513. The normalized spacial score (nSPS) is 16.9. The van der Waals surface area contributed by atoms with Crippen LogP contribution in [0.4, 0.5) is 32.0 Å². The highest BCUT2D eigenvalue weighted by molar-refractivity contribution is 9.10. The predicted octanol–water partition coefficient (Wildman–Crippen LogP) is 5.09. The quantitative estimate of drug-likeness (QED) is 0.630. The molecule has 1 aromatic carbocycles. The number of alkyl halides is 6. The zero-order chi connectivity index (χ0) is 15.1. The Morgan fingerprint density at radius 2 is 1.45 bits per heavy atom. The van der Waals surface area contributed by atoms with E-state index in [0.29, 0.717) is 13.1 Å². The van der Waals surface area contributed by atoms with E-state index >= 15 is 0 Å². The van der Waals surface area contributed by atoms with Crippen molar-refractivity contribution in [2.45, 2.75) is 25.2 Å². The van der Waals surface area contributed by atoms with Gasteiger partial charge in [-0.25, -0.2) is 0 Å². The largest absolute Gasteiger partial charge is 0.417 e. The molecule has 1 aromatic rings. The molecule has 0 radical (unpaired) electrons. The second kappa shape index (κ2) is 5.13. The highest BCUT2D eigenvalue weighted by Gasteiger charge is 2.40. The van der Waals surface area contributed by atoms with Gasteiger partial charge in [0.05, 0.1) is 21.3 Å². The van der Waals surface area contributed by atoms with Gasteiger partial charge in [-0.3, -0.25) is 0 Å². The minimum Gasteiger partial charge on any atom is -0.371 e. The zero-order valence-corrected chi connectivity index (χ0v) is 11.7. The summed E-state index contributed by atoms with van der Waals surface area (Å²) in [4.78, 5) is 1.54. The van der Waals surface area contributed by atoms with E-state index in [9.17, 15) is 26.3 Å². The fraction of sp³-hybridized carbons (Fsp3) is 0.500. The lowest BCUT2D eigenvalue weighted by Gasteiger charge is -2.23. The molecular weight excluding hydrogens is 352 g/mol. The van der Waals surface area contributed by atoms with E-state index in [-0.39, 0.29) is 16.2 Å². The van der Waals surface area contributed by atoms with E-state index in [2.05, 4.69) is 15.9 Å². The maximum absolute atomic E-state index is 12.9. The van der Waals surface area contributed by atoms with Crippen LogP contribution < -0.4 is 4.90 Å². The van der Waals surface area contributed by atoms with Crippen LogP contribution in [0, 0.1) is 0 Å². The summed E-state index contributed by atoms with van der Waals surface area (Å²) in [5.41, 5.74) is -2.63.